The van der Waals surface area contributed by atoms with Gasteiger partial charge in [-0.1, -0.05) is 0 Å². The molecule has 1 aromatic rings. The highest BCUT2D eigenvalue weighted by Crippen LogP contribution is 2.34. The van der Waals surface area contributed by atoms with E-state index >= 15 is 0 Å². The van der Waals surface area contributed by atoms with Crippen LogP contribution in [-0.2, 0) is 14.8 Å². The fourth-order valence-electron chi connectivity index (χ4n) is 2.62. The zero-order chi connectivity index (χ0) is 17.3. The summed E-state index contributed by atoms with van der Waals surface area (Å²) in [5, 5.41) is 2.67. The van der Waals surface area contributed by atoms with Crippen LogP contribution in [0.5, 0.6) is 11.5 Å². The Morgan fingerprint density at radius 1 is 1.30 bits per heavy atom. The van der Waals surface area contributed by atoms with E-state index in [4.69, 9.17) is 9.47 Å². The second-order valence-corrected chi connectivity index (χ2v) is 8.16. The lowest BCUT2D eigenvalue weighted by Crippen LogP contribution is -2.56. The summed E-state index contributed by atoms with van der Waals surface area (Å²) in [6.07, 6.45) is 0.920. The molecule has 2 rings (SSSR count). The molecule has 1 aromatic carbocycles. The van der Waals surface area contributed by atoms with Crippen LogP contribution in [0, 0.1) is 0 Å². The van der Waals surface area contributed by atoms with Crippen molar-refractivity contribution in [3.05, 3.63) is 18.2 Å². The van der Waals surface area contributed by atoms with Gasteiger partial charge in [0.15, 0.2) is 4.75 Å². The molecule has 7 nitrogen and oxygen atoms in total. The molecule has 1 atom stereocenters. The number of amides is 1. The maximum absolute atomic E-state index is 12.7. The third-order valence-electron chi connectivity index (χ3n) is 4.24. The molecule has 0 aliphatic carbocycles. The number of nitrogens with one attached hydrogen (secondary N) is 1. The number of hydrogen-bond donors (Lipinski definition) is 1. The Balaban J connectivity index is 2.32. The molecule has 1 fully saturated rings. The summed E-state index contributed by atoms with van der Waals surface area (Å²) in [5.74, 6) is 0.423. The van der Waals surface area contributed by atoms with Crippen molar-refractivity contribution in [2.45, 2.75) is 24.5 Å². The average molecular weight is 342 g/mol. The van der Waals surface area contributed by atoms with Gasteiger partial charge in [0.25, 0.3) is 0 Å². The van der Waals surface area contributed by atoms with Crippen LogP contribution in [-0.4, -0.2) is 51.2 Å². The molecule has 1 saturated heterocycles. The molecule has 128 valence electrons. The van der Waals surface area contributed by atoms with Crippen molar-refractivity contribution in [1.29, 1.82) is 0 Å². The molecule has 1 aliphatic rings. The van der Waals surface area contributed by atoms with E-state index in [1.165, 1.54) is 32.5 Å². The molecular weight excluding hydrogens is 320 g/mol. The van der Waals surface area contributed by atoms with Crippen LogP contribution in [0.15, 0.2) is 18.2 Å². The maximum atomic E-state index is 12.7. The molecule has 0 unspecified atom stereocenters. The lowest BCUT2D eigenvalue weighted by molar-refractivity contribution is -0.118. The molecule has 0 spiro atoms. The van der Waals surface area contributed by atoms with Crippen LogP contribution >= 0.6 is 0 Å². The van der Waals surface area contributed by atoms with Crippen LogP contribution in [0.2, 0.25) is 0 Å². The number of hydrogen-bond acceptors (Lipinski definition) is 5. The first-order valence-electron chi connectivity index (χ1n) is 7.25. The molecule has 0 aromatic heterocycles. The van der Waals surface area contributed by atoms with E-state index in [-0.39, 0.29) is 6.42 Å². The zero-order valence-corrected chi connectivity index (χ0v) is 14.6. The summed E-state index contributed by atoms with van der Waals surface area (Å²) in [7, 11) is 0.792. The second kappa shape index (κ2) is 6.37. The van der Waals surface area contributed by atoms with E-state index in [1.807, 2.05) is 0 Å². The minimum atomic E-state index is -3.70. The van der Waals surface area contributed by atoms with Crippen LogP contribution in [0.4, 0.5) is 5.69 Å². The van der Waals surface area contributed by atoms with E-state index in [0.29, 0.717) is 30.2 Å². The topological polar surface area (TPSA) is 84.9 Å². The van der Waals surface area contributed by atoms with Crippen molar-refractivity contribution in [1.82, 2.24) is 4.31 Å². The van der Waals surface area contributed by atoms with Crippen LogP contribution in [0.25, 0.3) is 0 Å². The van der Waals surface area contributed by atoms with Gasteiger partial charge in [0.05, 0.1) is 19.9 Å². The Labute approximate surface area is 136 Å². The number of carbonyl (C=O) groups excluding carboxylic acids is 1. The van der Waals surface area contributed by atoms with E-state index in [9.17, 15) is 13.2 Å². The first kappa shape index (κ1) is 17.6. The standard InChI is InChI=1S/C15H22N2O5S/c1-15(8-5-9-17(2)23(15,19)20)14(18)16-12-7-6-11(21-3)10-13(12)22-4/h6-7,10H,5,8-9H2,1-4H3,(H,16,18)/t15-/m1/s1. The van der Waals surface area contributed by atoms with E-state index in [2.05, 4.69) is 5.32 Å². The summed E-state index contributed by atoms with van der Waals surface area (Å²) < 4.78 is 35.1. The molecule has 1 aliphatic heterocycles. The number of sulfonamides is 1. The van der Waals surface area contributed by atoms with Gasteiger partial charge < -0.3 is 14.8 Å². The molecule has 0 saturated carbocycles. The summed E-state index contributed by atoms with van der Waals surface area (Å²) in [6, 6.07) is 4.92. The van der Waals surface area contributed by atoms with Gasteiger partial charge in [-0.3, -0.25) is 4.79 Å². The minimum Gasteiger partial charge on any atom is -0.497 e. The minimum absolute atomic E-state index is 0.282. The van der Waals surface area contributed by atoms with Gasteiger partial charge >= 0.3 is 0 Å². The van der Waals surface area contributed by atoms with Gasteiger partial charge in [-0.25, -0.2) is 12.7 Å². The average Bonchev–Trinajstić information content (AvgIpc) is 2.53. The highest BCUT2D eigenvalue weighted by Gasteiger charge is 2.50. The Hall–Kier alpha value is -1.80. The monoisotopic (exact) mass is 342 g/mol. The predicted molar refractivity (Wildman–Crippen MR) is 87.4 cm³/mol. The molecule has 1 heterocycles. The fraction of sp³-hybridized carbons (Fsp3) is 0.533. The molecule has 1 amide bonds. The number of rotatable bonds is 4. The summed E-state index contributed by atoms with van der Waals surface area (Å²) in [6.45, 7) is 1.89. The zero-order valence-electron chi connectivity index (χ0n) is 13.8. The Bertz CT molecular complexity index is 704. The quantitative estimate of drug-likeness (QED) is 0.895. The number of nitrogens with zero attached hydrogens (tertiary/aromatic N) is 1. The number of methoxy groups -OCH3 is 2. The molecule has 0 radical (unpaired) electrons. The van der Waals surface area contributed by atoms with E-state index in [1.54, 1.807) is 18.2 Å². The fourth-order valence-corrected chi connectivity index (χ4v) is 4.36. The first-order valence-corrected chi connectivity index (χ1v) is 8.69. The van der Waals surface area contributed by atoms with Gasteiger partial charge in [-0.05, 0) is 31.9 Å². The maximum Gasteiger partial charge on any atom is 0.247 e. The lowest BCUT2D eigenvalue weighted by Gasteiger charge is -2.36. The third-order valence-corrected chi connectivity index (χ3v) is 6.78. The molecule has 1 N–H and O–H groups in total. The van der Waals surface area contributed by atoms with Gasteiger partial charge in [0, 0.05) is 19.7 Å². The van der Waals surface area contributed by atoms with E-state index in [0.717, 1.165) is 0 Å². The highest BCUT2D eigenvalue weighted by atomic mass is 32.2. The van der Waals surface area contributed by atoms with Gasteiger partial charge in [-0.2, -0.15) is 0 Å². The van der Waals surface area contributed by atoms with Crippen molar-refractivity contribution >= 4 is 21.6 Å². The van der Waals surface area contributed by atoms with Crippen LogP contribution in [0.3, 0.4) is 0 Å². The number of carbonyl (C=O) groups is 1. The third kappa shape index (κ3) is 3.00. The Morgan fingerprint density at radius 2 is 2.00 bits per heavy atom. The van der Waals surface area contributed by atoms with E-state index < -0.39 is 20.7 Å². The summed E-state index contributed by atoms with van der Waals surface area (Å²) in [4.78, 5) is 12.7. The number of ether oxygens (including phenoxy) is 2. The molecule has 23 heavy (non-hydrogen) atoms. The van der Waals surface area contributed by atoms with Crippen molar-refractivity contribution in [2.75, 3.05) is 33.1 Å². The molecular formula is C15H22N2O5S. The SMILES string of the molecule is COc1ccc(NC(=O)[C@@]2(C)CCCN(C)S2(=O)=O)c(OC)c1. The Kier molecular flexibility index (Phi) is 4.86. The number of anilines is 1. The van der Waals surface area contributed by atoms with Gasteiger partial charge in [0.1, 0.15) is 11.5 Å². The molecule has 0 bridgehead atoms. The van der Waals surface area contributed by atoms with Crippen molar-refractivity contribution in [3.8, 4) is 11.5 Å². The number of benzene rings is 1. The summed E-state index contributed by atoms with van der Waals surface area (Å²) in [5.41, 5.74) is 0.406. The van der Waals surface area contributed by atoms with Gasteiger partial charge in [-0.15, -0.1) is 0 Å². The highest BCUT2D eigenvalue weighted by molar-refractivity contribution is 7.91. The normalized spacial score (nSPS) is 24.0. The second-order valence-electron chi connectivity index (χ2n) is 5.68. The van der Waals surface area contributed by atoms with Crippen molar-refractivity contribution < 1.29 is 22.7 Å². The van der Waals surface area contributed by atoms with Crippen LogP contribution < -0.4 is 14.8 Å². The lowest BCUT2D eigenvalue weighted by atomic mass is 10.0. The Morgan fingerprint density at radius 3 is 2.61 bits per heavy atom. The predicted octanol–water partition coefficient (Wildman–Crippen LogP) is 1.46. The van der Waals surface area contributed by atoms with Crippen LogP contribution in [0.1, 0.15) is 19.8 Å². The van der Waals surface area contributed by atoms with Crippen molar-refractivity contribution in [3.63, 3.8) is 0 Å². The summed E-state index contributed by atoms with van der Waals surface area (Å²) >= 11 is 0. The smallest absolute Gasteiger partial charge is 0.247 e. The van der Waals surface area contributed by atoms with Gasteiger partial charge in [0.2, 0.25) is 15.9 Å². The largest absolute Gasteiger partial charge is 0.497 e. The first-order chi connectivity index (χ1) is 10.8. The van der Waals surface area contributed by atoms with Crippen molar-refractivity contribution in [2.24, 2.45) is 0 Å². The molecule has 8 heteroatoms.